The van der Waals surface area contributed by atoms with E-state index in [2.05, 4.69) is 67.1 Å². The Morgan fingerprint density at radius 1 is 1.28 bits per heavy atom. The summed E-state index contributed by atoms with van der Waals surface area (Å²) in [6.07, 6.45) is 12.9. The molecule has 0 saturated heterocycles. The van der Waals surface area contributed by atoms with E-state index >= 15 is 0 Å². The minimum atomic E-state index is 0.394. The van der Waals surface area contributed by atoms with Gasteiger partial charge in [-0.1, -0.05) is 48.6 Å². The smallest absolute Gasteiger partial charge is 0.0396 e. The molecule has 2 rings (SSSR count). The average molecular weight is 239 g/mol. The first-order chi connectivity index (χ1) is 8.81. The molecule has 0 spiro atoms. The van der Waals surface area contributed by atoms with Crippen LogP contribution in [0.1, 0.15) is 12.0 Å². The van der Waals surface area contributed by atoms with Gasteiger partial charge in [-0.25, -0.2) is 0 Å². The molecule has 18 heavy (non-hydrogen) atoms. The van der Waals surface area contributed by atoms with Gasteiger partial charge in [-0.2, -0.15) is 0 Å². The molecule has 1 aliphatic rings. The Bertz CT molecular complexity index is 456. The Balaban J connectivity index is 2.30. The van der Waals surface area contributed by atoms with Crippen molar-refractivity contribution in [2.24, 2.45) is 5.92 Å². The minimum absolute atomic E-state index is 0.394. The van der Waals surface area contributed by atoms with Gasteiger partial charge in [0.25, 0.3) is 0 Å². The first-order valence-corrected chi connectivity index (χ1v) is 6.56. The number of rotatable bonds is 1. The average Bonchev–Trinajstić information content (AvgIpc) is 2.44. The van der Waals surface area contributed by atoms with Gasteiger partial charge in [0.2, 0.25) is 0 Å². The lowest BCUT2D eigenvalue weighted by molar-refractivity contribution is 0.765. The third kappa shape index (κ3) is 3.13. The summed E-state index contributed by atoms with van der Waals surface area (Å²) in [5.41, 5.74) is 2.77. The molecule has 0 bridgehead atoms. The fourth-order valence-corrected chi connectivity index (χ4v) is 2.34. The van der Waals surface area contributed by atoms with Crippen LogP contribution in [0, 0.1) is 5.92 Å². The fraction of sp³-hybridized carbons (Fsp3) is 0.294. The second kappa shape index (κ2) is 6.25. The molecule has 0 aromatic heterocycles. The number of fused-ring (bicyclic) bond motifs is 1. The number of nitrogens with zero attached hydrogens (tertiary/aromatic N) is 1. The molecule has 1 aromatic carbocycles. The van der Waals surface area contributed by atoms with Crippen molar-refractivity contribution in [2.45, 2.75) is 12.8 Å². The Kier molecular flexibility index (Phi) is 4.40. The predicted octanol–water partition coefficient (Wildman–Crippen LogP) is 3.98. The number of allylic oxidation sites excluding steroid dienone is 3. The van der Waals surface area contributed by atoms with Crippen LogP contribution >= 0.6 is 0 Å². The van der Waals surface area contributed by atoms with Crippen molar-refractivity contribution in [2.75, 3.05) is 18.5 Å². The van der Waals surface area contributed by atoms with Crippen LogP contribution in [-0.4, -0.2) is 13.6 Å². The van der Waals surface area contributed by atoms with E-state index in [0.717, 1.165) is 19.4 Å². The summed E-state index contributed by atoms with van der Waals surface area (Å²) in [5, 5.41) is 0. The molecule has 1 nitrogen and oxygen atoms in total. The number of aryl methyl sites for hydroxylation is 1. The maximum Gasteiger partial charge on any atom is 0.0396 e. The van der Waals surface area contributed by atoms with Crippen LogP contribution in [0.2, 0.25) is 0 Å². The fourth-order valence-electron chi connectivity index (χ4n) is 2.34. The summed E-state index contributed by atoms with van der Waals surface area (Å²) in [4.78, 5) is 2.33. The molecular formula is C17H21N. The molecule has 1 heteroatoms. The lowest BCUT2D eigenvalue weighted by Crippen LogP contribution is -2.24. The maximum atomic E-state index is 3.92. The van der Waals surface area contributed by atoms with Gasteiger partial charge < -0.3 is 4.90 Å². The van der Waals surface area contributed by atoms with Crippen molar-refractivity contribution in [3.63, 3.8) is 0 Å². The van der Waals surface area contributed by atoms with Crippen LogP contribution in [0.5, 0.6) is 0 Å². The highest BCUT2D eigenvalue weighted by Gasteiger charge is 2.10. The molecule has 0 fully saturated rings. The summed E-state index contributed by atoms with van der Waals surface area (Å²) in [6.45, 7) is 4.90. The topological polar surface area (TPSA) is 3.24 Å². The van der Waals surface area contributed by atoms with Crippen molar-refractivity contribution < 1.29 is 0 Å². The zero-order chi connectivity index (χ0) is 12.8. The SMILES string of the molecule is C=CC1/C=C\C=C/CCc2ccccc2N(C)C1. The molecule has 0 aliphatic carbocycles. The molecule has 0 saturated carbocycles. The number of hydrogen-bond donors (Lipinski definition) is 0. The van der Waals surface area contributed by atoms with E-state index in [1.54, 1.807) is 0 Å². The van der Waals surface area contributed by atoms with E-state index in [9.17, 15) is 0 Å². The summed E-state index contributed by atoms with van der Waals surface area (Å²) < 4.78 is 0. The number of benzene rings is 1. The van der Waals surface area contributed by atoms with Gasteiger partial charge in [0.05, 0.1) is 0 Å². The van der Waals surface area contributed by atoms with Crippen LogP contribution in [0.25, 0.3) is 0 Å². The predicted molar refractivity (Wildman–Crippen MR) is 80.0 cm³/mol. The largest absolute Gasteiger partial charge is 0.373 e. The van der Waals surface area contributed by atoms with Crippen LogP contribution in [0.15, 0.2) is 61.2 Å². The third-order valence-electron chi connectivity index (χ3n) is 3.38. The maximum absolute atomic E-state index is 3.92. The van der Waals surface area contributed by atoms with Gasteiger partial charge in [-0.15, -0.1) is 6.58 Å². The van der Waals surface area contributed by atoms with Gasteiger partial charge in [0.15, 0.2) is 0 Å². The summed E-state index contributed by atoms with van der Waals surface area (Å²) in [6, 6.07) is 8.68. The Morgan fingerprint density at radius 2 is 2.11 bits per heavy atom. The standard InChI is InChI=1S/C17H21N/c1-3-15-10-6-4-5-7-11-16-12-8-9-13-17(16)18(2)14-15/h3-6,8-10,12-13,15H,1,7,11,14H2,2H3/b5-4-,10-6-. The summed E-state index contributed by atoms with van der Waals surface area (Å²) in [5.74, 6) is 0.394. The van der Waals surface area contributed by atoms with Gasteiger partial charge in [-0.3, -0.25) is 0 Å². The number of anilines is 1. The Labute approximate surface area is 110 Å². The van der Waals surface area contributed by atoms with Crippen molar-refractivity contribution in [1.82, 2.24) is 0 Å². The van der Waals surface area contributed by atoms with Gasteiger partial charge in [0.1, 0.15) is 0 Å². The highest BCUT2D eigenvalue weighted by Crippen LogP contribution is 2.22. The molecule has 94 valence electrons. The zero-order valence-corrected chi connectivity index (χ0v) is 11.0. The molecule has 1 heterocycles. The quantitative estimate of drug-likeness (QED) is 0.670. The number of hydrogen-bond acceptors (Lipinski definition) is 1. The second-order valence-electron chi connectivity index (χ2n) is 4.76. The van der Waals surface area contributed by atoms with Gasteiger partial charge in [0, 0.05) is 25.2 Å². The van der Waals surface area contributed by atoms with E-state index in [-0.39, 0.29) is 0 Å². The monoisotopic (exact) mass is 239 g/mol. The highest BCUT2D eigenvalue weighted by molar-refractivity contribution is 5.53. The van der Waals surface area contributed by atoms with Crippen LogP contribution in [-0.2, 0) is 6.42 Å². The first kappa shape index (κ1) is 12.7. The molecule has 1 unspecified atom stereocenters. The molecule has 1 aromatic rings. The molecule has 0 amide bonds. The van der Waals surface area contributed by atoms with Crippen LogP contribution in [0.4, 0.5) is 5.69 Å². The van der Waals surface area contributed by atoms with E-state index < -0.39 is 0 Å². The normalized spacial score (nSPS) is 23.6. The second-order valence-corrected chi connectivity index (χ2v) is 4.76. The van der Waals surface area contributed by atoms with Gasteiger partial charge >= 0.3 is 0 Å². The van der Waals surface area contributed by atoms with E-state index in [1.165, 1.54) is 11.3 Å². The lowest BCUT2D eigenvalue weighted by Gasteiger charge is -2.24. The van der Waals surface area contributed by atoms with Crippen LogP contribution < -0.4 is 4.90 Å². The van der Waals surface area contributed by atoms with Gasteiger partial charge in [-0.05, 0) is 24.5 Å². The highest BCUT2D eigenvalue weighted by atomic mass is 15.1. The van der Waals surface area contributed by atoms with Crippen LogP contribution in [0.3, 0.4) is 0 Å². The Hall–Kier alpha value is -1.76. The van der Waals surface area contributed by atoms with E-state index in [0.29, 0.717) is 5.92 Å². The van der Waals surface area contributed by atoms with Crippen molar-refractivity contribution in [1.29, 1.82) is 0 Å². The van der Waals surface area contributed by atoms with E-state index in [1.807, 2.05) is 6.08 Å². The Morgan fingerprint density at radius 3 is 2.94 bits per heavy atom. The zero-order valence-electron chi connectivity index (χ0n) is 11.0. The van der Waals surface area contributed by atoms with Crippen molar-refractivity contribution in [3.05, 3.63) is 66.8 Å². The molecular weight excluding hydrogens is 218 g/mol. The molecule has 1 atom stereocenters. The first-order valence-electron chi connectivity index (χ1n) is 6.56. The molecule has 0 radical (unpaired) electrons. The van der Waals surface area contributed by atoms with Crippen molar-refractivity contribution >= 4 is 5.69 Å². The number of para-hydroxylation sites is 1. The lowest BCUT2D eigenvalue weighted by atomic mass is 10.1. The van der Waals surface area contributed by atoms with Crippen molar-refractivity contribution in [3.8, 4) is 0 Å². The summed E-state index contributed by atoms with van der Waals surface area (Å²) in [7, 11) is 2.16. The molecule has 1 aliphatic heterocycles. The third-order valence-corrected chi connectivity index (χ3v) is 3.38. The minimum Gasteiger partial charge on any atom is -0.373 e. The summed E-state index contributed by atoms with van der Waals surface area (Å²) >= 11 is 0. The molecule has 0 N–H and O–H groups in total. The van der Waals surface area contributed by atoms with E-state index in [4.69, 9.17) is 0 Å².